The lowest BCUT2D eigenvalue weighted by molar-refractivity contribution is 0.0960. The molecule has 1 aromatic heterocycles. The number of rotatable bonds is 3. The van der Waals surface area contributed by atoms with Gasteiger partial charge in [-0.2, -0.15) is 0 Å². The highest BCUT2D eigenvalue weighted by Crippen LogP contribution is 2.21. The summed E-state index contributed by atoms with van der Waals surface area (Å²) in [7, 11) is 1.55. The minimum absolute atomic E-state index is 0.218. The van der Waals surface area contributed by atoms with E-state index in [0.717, 1.165) is 0 Å². The smallest absolute Gasteiger partial charge is 0.272 e. The molecule has 0 atom stereocenters. The molecule has 5 nitrogen and oxygen atoms in total. The van der Waals surface area contributed by atoms with Crippen LogP contribution in [0.1, 0.15) is 26.4 Å². The molecule has 6 heteroatoms. The topological polar surface area (TPSA) is 74.0 Å². The molecule has 0 saturated carbocycles. The summed E-state index contributed by atoms with van der Waals surface area (Å²) in [5.74, 6) is -0.934. The summed E-state index contributed by atoms with van der Waals surface area (Å²) in [4.78, 5) is 27.2. The van der Waals surface area contributed by atoms with Crippen molar-refractivity contribution in [3.05, 3.63) is 65.1 Å². The number of anilines is 1. The molecule has 0 aliphatic heterocycles. The molecule has 1 heterocycles. The van der Waals surface area contributed by atoms with Gasteiger partial charge >= 0.3 is 0 Å². The van der Waals surface area contributed by atoms with Gasteiger partial charge in [-0.3, -0.25) is 9.59 Å². The van der Waals surface area contributed by atoms with Gasteiger partial charge in [0.05, 0.1) is 0 Å². The average Bonchev–Trinajstić information content (AvgIpc) is 2.99. The van der Waals surface area contributed by atoms with Crippen LogP contribution in [-0.2, 0) is 0 Å². The van der Waals surface area contributed by atoms with Crippen molar-refractivity contribution in [2.45, 2.75) is 6.92 Å². The van der Waals surface area contributed by atoms with Gasteiger partial charge in [0, 0.05) is 29.2 Å². The third-order valence-corrected chi connectivity index (χ3v) is 3.88. The molecule has 0 saturated heterocycles. The van der Waals surface area contributed by atoms with Crippen LogP contribution in [-0.4, -0.2) is 23.8 Å². The Hall–Kier alpha value is -3.15. The fourth-order valence-electron chi connectivity index (χ4n) is 2.57. The average molecular weight is 325 g/mol. The Labute approximate surface area is 137 Å². The predicted molar refractivity (Wildman–Crippen MR) is 90.8 cm³/mol. The fourth-order valence-corrected chi connectivity index (χ4v) is 2.57. The Morgan fingerprint density at radius 3 is 2.62 bits per heavy atom. The first kappa shape index (κ1) is 15.7. The summed E-state index contributed by atoms with van der Waals surface area (Å²) in [5.41, 5.74) is 2.71. The second-order valence-electron chi connectivity index (χ2n) is 5.43. The van der Waals surface area contributed by atoms with Crippen molar-refractivity contribution in [2.75, 3.05) is 12.4 Å². The normalized spacial score (nSPS) is 10.6. The minimum atomic E-state index is -0.359. The highest BCUT2D eigenvalue weighted by Gasteiger charge is 2.14. The third-order valence-electron chi connectivity index (χ3n) is 3.88. The molecule has 3 N–H and O–H groups in total. The third kappa shape index (κ3) is 2.86. The van der Waals surface area contributed by atoms with Crippen molar-refractivity contribution < 1.29 is 14.0 Å². The van der Waals surface area contributed by atoms with Crippen LogP contribution >= 0.6 is 0 Å². The standard InChI is InChI=1S/C18H16FN3O2/c1-10-13(17(23)20-2)4-3-5-14(10)22-18(24)16-9-11-8-12(19)6-7-15(11)21-16/h3-9,21H,1-2H3,(H,20,23)(H,22,24). The second-order valence-corrected chi connectivity index (χ2v) is 5.43. The Morgan fingerprint density at radius 1 is 1.08 bits per heavy atom. The van der Waals surface area contributed by atoms with Gasteiger partial charge in [-0.15, -0.1) is 0 Å². The lowest BCUT2D eigenvalue weighted by Gasteiger charge is -2.11. The van der Waals surface area contributed by atoms with Crippen molar-refractivity contribution in [1.29, 1.82) is 0 Å². The number of fused-ring (bicyclic) bond motifs is 1. The van der Waals surface area contributed by atoms with Gasteiger partial charge in [0.15, 0.2) is 0 Å². The number of halogens is 1. The van der Waals surface area contributed by atoms with Crippen molar-refractivity contribution >= 4 is 28.4 Å². The minimum Gasteiger partial charge on any atom is -0.355 e. The Kier molecular flexibility index (Phi) is 4.04. The summed E-state index contributed by atoms with van der Waals surface area (Å²) in [5, 5.41) is 5.96. The molecular formula is C18H16FN3O2. The van der Waals surface area contributed by atoms with Crippen LogP contribution in [0, 0.1) is 12.7 Å². The van der Waals surface area contributed by atoms with E-state index in [-0.39, 0.29) is 17.6 Å². The molecule has 0 aliphatic carbocycles. The van der Waals surface area contributed by atoms with E-state index < -0.39 is 0 Å². The van der Waals surface area contributed by atoms with Crippen LogP contribution in [0.4, 0.5) is 10.1 Å². The zero-order valence-electron chi connectivity index (χ0n) is 13.2. The number of amides is 2. The van der Waals surface area contributed by atoms with E-state index in [4.69, 9.17) is 0 Å². The van der Waals surface area contributed by atoms with E-state index in [0.29, 0.717) is 33.4 Å². The highest BCUT2D eigenvalue weighted by molar-refractivity contribution is 6.07. The number of H-pyrrole nitrogens is 1. The predicted octanol–water partition coefficient (Wildman–Crippen LogP) is 3.23. The molecular weight excluding hydrogens is 309 g/mol. The molecule has 3 aromatic rings. The van der Waals surface area contributed by atoms with Gasteiger partial charge in [0.2, 0.25) is 0 Å². The summed E-state index contributed by atoms with van der Waals surface area (Å²) in [6, 6.07) is 11.0. The Balaban J connectivity index is 1.90. The molecule has 2 aromatic carbocycles. The van der Waals surface area contributed by atoms with Gasteiger partial charge in [-0.25, -0.2) is 4.39 Å². The van der Waals surface area contributed by atoms with Gasteiger partial charge < -0.3 is 15.6 Å². The number of aromatic amines is 1. The molecule has 122 valence electrons. The fraction of sp³-hybridized carbons (Fsp3) is 0.111. The molecule has 24 heavy (non-hydrogen) atoms. The van der Waals surface area contributed by atoms with E-state index in [1.807, 2.05) is 0 Å². The lowest BCUT2D eigenvalue weighted by atomic mass is 10.1. The summed E-state index contributed by atoms with van der Waals surface area (Å²) in [6.45, 7) is 1.76. The maximum Gasteiger partial charge on any atom is 0.272 e. The number of hydrogen-bond donors (Lipinski definition) is 3. The molecule has 0 fully saturated rings. The van der Waals surface area contributed by atoms with Crippen LogP contribution in [0.2, 0.25) is 0 Å². The molecule has 0 bridgehead atoms. The number of carbonyl (C=O) groups is 2. The van der Waals surface area contributed by atoms with Crippen molar-refractivity contribution in [3.63, 3.8) is 0 Å². The lowest BCUT2D eigenvalue weighted by Crippen LogP contribution is -2.20. The maximum atomic E-state index is 13.2. The molecule has 0 unspecified atom stereocenters. The number of nitrogens with one attached hydrogen (secondary N) is 3. The molecule has 0 aliphatic rings. The Morgan fingerprint density at radius 2 is 1.88 bits per heavy atom. The summed E-state index contributed by atoms with van der Waals surface area (Å²) in [6.07, 6.45) is 0. The molecule has 3 rings (SSSR count). The van der Waals surface area contributed by atoms with E-state index in [9.17, 15) is 14.0 Å². The maximum absolute atomic E-state index is 13.2. The summed E-state index contributed by atoms with van der Waals surface area (Å²) < 4.78 is 13.2. The van der Waals surface area contributed by atoms with Crippen LogP contribution < -0.4 is 10.6 Å². The highest BCUT2D eigenvalue weighted by atomic mass is 19.1. The number of aromatic nitrogens is 1. The van der Waals surface area contributed by atoms with E-state index in [1.54, 1.807) is 44.3 Å². The first-order chi connectivity index (χ1) is 11.5. The zero-order valence-corrected chi connectivity index (χ0v) is 13.2. The van der Waals surface area contributed by atoms with E-state index >= 15 is 0 Å². The molecule has 0 spiro atoms. The largest absolute Gasteiger partial charge is 0.355 e. The van der Waals surface area contributed by atoms with Crippen LogP contribution in [0.5, 0.6) is 0 Å². The van der Waals surface area contributed by atoms with Gasteiger partial charge in [0.1, 0.15) is 11.5 Å². The number of hydrogen-bond acceptors (Lipinski definition) is 2. The van der Waals surface area contributed by atoms with E-state index in [2.05, 4.69) is 15.6 Å². The first-order valence-corrected chi connectivity index (χ1v) is 7.41. The van der Waals surface area contributed by atoms with Crippen LogP contribution in [0.25, 0.3) is 10.9 Å². The van der Waals surface area contributed by atoms with Crippen molar-refractivity contribution in [2.24, 2.45) is 0 Å². The number of benzene rings is 2. The monoisotopic (exact) mass is 325 g/mol. The molecule has 0 radical (unpaired) electrons. The quantitative estimate of drug-likeness (QED) is 0.692. The van der Waals surface area contributed by atoms with Gasteiger partial charge in [0.25, 0.3) is 11.8 Å². The molecule has 2 amide bonds. The van der Waals surface area contributed by atoms with E-state index in [1.165, 1.54) is 12.1 Å². The van der Waals surface area contributed by atoms with Crippen molar-refractivity contribution in [3.8, 4) is 0 Å². The zero-order chi connectivity index (χ0) is 17.3. The second kappa shape index (κ2) is 6.16. The van der Waals surface area contributed by atoms with Crippen molar-refractivity contribution in [1.82, 2.24) is 10.3 Å². The van der Waals surface area contributed by atoms with Gasteiger partial charge in [-0.1, -0.05) is 6.07 Å². The first-order valence-electron chi connectivity index (χ1n) is 7.41. The number of carbonyl (C=O) groups excluding carboxylic acids is 2. The van der Waals surface area contributed by atoms with Crippen LogP contribution in [0.3, 0.4) is 0 Å². The Bertz CT molecular complexity index is 947. The van der Waals surface area contributed by atoms with Crippen LogP contribution in [0.15, 0.2) is 42.5 Å². The summed E-state index contributed by atoms with van der Waals surface area (Å²) >= 11 is 0. The van der Waals surface area contributed by atoms with Gasteiger partial charge in [-0.05, 0) is 48.9 Å². The SMILES string of the molecule is CNC(=O)c1cccc(NC(=O)c2cc3cc(F)ccc3[nH]2)c1C.